The number of carbonyl (C=O) groups is 2. The van der Waals surface area contributed by atoms with Gasteiger partial charge in [-0.3, -0.25) is 4.79 Å². The summed E-state index contributed by atoms with van der Waals surface area (Å²) in [6.45, 7) is 1.88. The first-order valence-corrected chi connectivity index (χ1v) is 3.08. The average Bonchev–Trinajstić information content (AvgIpc) is 2.36. The molecule has 0 radical (unpaired) electrons. The molecule has 0 aromatic heterocycles. The molecule has 0 saturated heterocycles. The van der Waals surface area contributed by atoms with Crippen LogP contribution in [0.4, 0.5) is 0 Å². The van der Waals surface area contributed by atoms with E-state index in [1.165, 1.54) is 0 Å². The van der Waals surface area contributed by atoms with E-state index in [4.69, 9.17) is 0 Å². The molecule has 0 N–H and O–H groups in total. The Kier molecular flexibility index (Phi) is 2.10. The monoisotopic (exact) mass is 154 g/mol. The lowest BCUT2D eigenvalue weighted by Gasteiger charge is -1.96. The van der Waals surface area contributed by atoms with Crippen LogP contribution in [0.25, 0.3) is 0 Å². The summed E-state index contributed by atoms with van der Waals surface area (Å²) < 4.78 is 4.53. The van der Waals surface area contributed by atoms with Crippen LogP contribution in [0, 0.1) is 0 Å². The van der Waals surface area contributed by atoms with E-state index >= 15 is 0 Å². The Morgan fingerprint density at radius 3 is 2.91 bits per heavy atom. The van der Waals surface area contributed by atoms with Gasteiger partial charge in [0.05, 0.1) is 12.8 Å². The van der Waals surface area contributed by atoms with Gasteiger partial charge >= 0.3 is 5.97 Å². The van der Waals surface area contributed by atoms with Crippen molar-refractivity contribution in [2.75, 3.05) is 6.61 Å². The fourth-order valence-corrected chi connectivity index (χ4v) is 0.590. The van der Waals surface area contributed by atoms with Crippen molar-refractivity contribution in [3.8, 4) is 0 Å². The molecule has 0 aromatic carbocycles. The normalized spacial score (nSPS) is 15.0. The number of hydrogen-bond donors (Lipinski definition) is 0. The third-order valence-corrected chi connectivity index (χ3v) is 1.03. The fraction of sp³-hybridized carbons (Fsp3) is 0.333. The van der Waals surface area contributed by atoms with Gasteiger partial charge in [-0.25, -0.2) is 4.79 Å². The molecular formula is C6H6N2O3. The molecule has 0 aromatic rings. The average molecular weight is 154 g/mol. The van der Waals surface area contributed by atoms with Crippen LogP contribution >= 0.6 is 0 Å². The van der Waals surface area contributed by atoms with Gasteiger partial charge in [-0.15, -0.1) is 5.10 Å². The summed E-state index contributed by atoms with van der Waals surface area (Å²) in [6.07, 6.45) is 0.978. The number of ketones is 1. The van der Waals surface area contributed by atoms with Gasteiger partial charge in [-0.2, -0.15) is 5.10 Å². The van der Waals surface area contributed by atoms with Crippen molar-refractivity contribution in [1.82, 2.24) is 0 Å². The molecule has 5 heteroatoms. The summed E-state index contributed by atoms with van der Waals surface area (Å²) in [7, 11) is 0. The van der Waals surface area contributed by atoms with E-state index in [9.17, 15) is 9.59 Å². The number of Topliss-reactive ketones (excluding diaryl/α,β-unsaturated/α-hetero) is 1. The first kappa shape index (κ1) is 7.59. The molecule has 0 saturated carbocycles. The van der Waals surface area contributed by atoms with E-state index in [0.29, 0.717) is 0 Å². The summed E-state index contributed by atoms with van der Waals surface area (Å²) >= 11 is 0. The van der Waals surface area contributed by atoms with Gasteiger partial charge in [-0.05, 0) is 6.92 Å². The number of ether oxygens (including phenoxy) is 1. The maximum Gasteiger partial charge on any atom is 0.363 e. The van der Waals surface area contributed by atoms with Crippen LogP contribution in [0.15, 0.2) is 10.2 Å². The molecule has 5 nitrogen and oxygen atoms in total. The Morgan fingerprint density at radius 2 is 2.45 bits per heavy atom. The summed E-state index contributed by atoms with van der Waals surface area (Å²) in [6, 6.07) is 0. The summed E-state index contributed by atoms with van der Waals surface area (Å²) in [5.74, 6) is -1.21. The van der Waals surface area contributed by atoms with Crippen molar-refractivity contribution in [2.45, 2.75) is 6.92 Å². The lowest BCUT2D eigenvalue weighted by Crippen LogP contribution is -2.24. The smallest absolute Gasteiger partial charge is 0.363 e. The summed E-state index contributed by atoms with van der Waals surface area (Å²) in [4.78, 5) is 21.5. The van der Waals surface area contributed by atoms with Crippen LogP contribution in [-0.4, -0.2) is 30.3 Å². The number of hydrogen-bond acceptors (Lipinski definition) is 5. The second-order valence-electron chi connectivity index (χ2n) is 1.78. The maximum atomic E-state index is 10.8. The molecule has 58 valence electrons. The topological polar surface area (TPSA) is 68.1 Å². The van der Waals surface area contributed by atoms with Crippen molar-refractivity contribution in [3.05, 3.63) is 0 Å². The summed E-state index contributed by atoms with van der Waals surface area (Å²) in [5, 5.41) is 6.56. The minimum atomic E-state index is -0.713. The second-order valence-corrected chi connectivity index (χ2v) is 1.78. The van der Waals surface area contributed by atoms with Gasteiger partial charge in [0.25, 0.3) is 0 Å². The van der Waals surface area contributed by atoms with Crippen molar-refractivity contribution in [2.24, 2.45) is 10.2 Å². The zero-order chi connectivity index (χ0) is 8.27. The SMILES string of the molecule is CCOC(=O)C1=NN=CC1=O. The zero-order valence-corrected chi connectivity index (χ0v) is 5.90. The largest absolute Gasteiger partial charge is 0.461 e. The van der Waals surface area contributed by atoms with Gasteiger partial charge in [0.1, 0.15) is 0 Å². The molecule has 0 amide bonds. The minimum Gasteiger partial charge on any atom is -0.461 e. The highest BCUT2D eigenvalue weighted by Gasteiger charge is 2.23. The molecule has 0 unspecified atom stereocenters. The molecule has 0 bridgehead atoms. The van der Waals surface area contributed by atoms with Crippen LogP contribution in [0.3, 0.4) is 0 Å². The number of nitrogens with zero attached hydrogens (tertiary/aromatic N) is 2. The maximum absolute atomic E-state index is 10.8. The van der Waals surface area contributed by atoms with E-state index < -0.39 is 11.8 Å². The highest BCUT2D eigenvalue weighted by atomic mass is 16.5. The van der Waals surface area contributed by atoms with E-state index in [2.05, 4.69) is 14.9 Å². The highest BCUT2D eigenvalue weighted by molar-refractivity contribution is 6.77. The molecule has 0 aliphatic carbocycles. The first-order chi connectivity index (χ1) is 5.25. The molecule has 1 aliphatic rings. The predicted molar refractivity (Wildman–Crippen MR) is 37.6 cm³/mol. The van der Waals surface area contributed by atoms with Gasteiger partial charge in [0.2, 0.25) is 11.5 Å². The zero-order valence-electron chi connectivity index (χ0n) is 5.90. The molecule has 11 heavy (non-hydrogen) atoms. The number of carbonyl (C=O) groups excluding carboxylic acids is 2. The predicted octanol–water partition coefficient (Wildman–Crippen LogP) is -0.441. The van der Waals surface area contributed by atoms with Gasteiger partial charge in [0, 0.05) is 0 Å². The van der Waals surface area contributed by atoms with Crippen molar-refractivity contribution in [3.63, 3.8) is 0 Å². The van der Waals surface area contributed by atoms with E-state index in [1.807, 2.05) is 0 Å². The Labute approximate surface area is 62.8 Å². The third-order valence-electron chi connectivity index (χ3n) is 1.03. The molecule has 0 spiro atoms. The standard InChI is InChI=1S/C6H6N2O3/c1-2-11-6(10)5-4(9)3-7-8-5/h3H,2H2,1H3. The lowest BCUT2D eigenvalue weighted by molar-refractivity contribution is -0.135. The molecule has 1 rings (SSSR count). The van der Waals surface area contributed by atoms with Crippen LogP contribution in [0.5, 0.6) is 0 Å². The third kappa shape index (κ3) is 1.49. The Morgan fingerprint density at radius 1 is 1.73 bits per heavy atom. The Hall–Kier alpha value is -1.52. The van der Waals surface area contributed by atoms with Crippen molar-refractivity contribution >= 4 is 23.7 Å². The fourth-order valence-electron chi connectivity index (χ4n) is 0.590. The van der Waals surface area contributed by atoms with Crippen molar-refractivity contribution in [1.29, 1.82) is 0 Å². The molecule has 0 fully saturated rings. The van der Waals surface area contributed by atoms with E-state index in [0.717, 1.165) is 6.21 Å². The van der Waals surface area contributed by atoms with E-state index in [-0.39, 0.29) is 12.3 Å². The molecule has 1 heterocycles. The molecular weight excluding hydrogens is 148 g/mol. The lowest BCUT2D eigenvalue weighted by atomic mass is 10.3. The first-order valence-electron chi connectivity index (χ1n) is 3.08. The van der Waals surface area contributed by atoms with Gasteiger partial charge < -0.3 is 4.74 Å². The van der Waals surface area contributed by atoms with Crippen LogP contribution < -0.4 is 0 Å². The molecule has 0 atom stereocenters. The van der Waals surface area contributed by atoms with E-state index in [1.54, 1.807) is 6.92 Å². The second kappa shape index (κ2) is 3.05. The van der Waals surface area contributed by atoms with Crippen LogP contribution in [-0.2, 0) is 14.3 Å². The Balaban J connectivity index is 2.63. The molecule has 1 aliphatic heterocycles. The number of rotatable bonds is 2. The van der Waals surface area contributed by atoms with Crippen LogP contribution in [0.1, 0.15) is 6.92 Å². The Bertz CT molecular complexity index is 255. The van der Waals surface area contributed by atoms with Gasteiger partial charge in [-0.1, -0.05) is 0 Å². The highest BCUT2D eigenvalue weighted by Crippen LogP contribution is 1.93. The summed E-state index contributed by atoms with van der Waals surface area (Å²) in [5.41, 5.74) is -0.244. The quantitative estimate of drug-likeness (QED) is 0.506. The van der Waals surface area contributed by atoms with Gasteiger partial charge in [0.15, 0.2) is 0 Å². The minimum absolute atomic E-state index is 0.227. The van der Waals surface area contributed by atoms with Crippen molar-refractivity contribution < 1.29 is 14.3 Å². The van der Waals surface area contributed by atoms with Crippen LogP contribution in [0.2, 0.25) is 0 Å². The number of esters is 1.